The third-order valence-corrected chi connectivity index (χ3v) is 6.47. The van der Waals surface area contributed by atoms with Gasteiger partial charge in [0.05, 0.1) is 6.04 Å². The van der Waals surface area contributed by atoms with Gasteiger partial charge in [-0.05, 0) is 87.8 Å². The van der Waals surface area contributed by atoms with Gasteiger partial charge in [0.2, 0.25) is 0 Å². The Balaban J connectivity index is 1.38. The van der Waals surface area contributed by atoms with Crippen molar-refractivity contribution in [2.75, 3.05) is 26.7 Å². The lowest BCUT2D eigenvalue weighted by Gasteiger charge is -2.29. The SMILES string of the molecule is CN1CCC(CNC(=O)c2cccc(CC3N=NC(=O)C4=C3CCCC4)c2)CC1. The minimum absolute atomic E-state index is 0.0104. The third-order valence-electron chi connectivity index (χ3n) is 6.47. The highest BCUT2D eigenvalue weighted by Crippen LogP contribution is 2.33. The molecule has 6 heteroatoms. The van der Waals surface area contributed by atoms with Gasteiger partial charge >= 0.3 is 0 Å². The van der Waals surface area contributed by atoms with Gasteiger partial charge in [-0.3, -0.25) is 9.59 Å². The first-order valence-electron chi connectivity index (χ1n) is 10.8. The average Bonchev–Trinajstić information content (AvgIpc) is 2.75. The third kappa shape index (κ3) is 4.81. The lowest BCUT2D eigenvalue weighted by atomic mass is 9.84. The summed E-state index contributed by atoms with van der Waals surface area (Å²) in [6.07, 6.45) is 6.88. The van der Waals surface area contributed by atoms with Crippen LogP contribution in [-0.4, -0.2) is 49.4 Å². The van der Waals surface area contributed by atoms with Gasteiger partial charge in [-0.15, -0.1) is 5.11 Å². The van der Waals surface area contributed by atoms with E-state index in [1.807, 2.05) is 24.3 Å². The molecule has 0 bridgehead atoms. The van der Waals surface area contributed by atoms with Crippen LogP contribution in [-0.2, 0) is 11.2 Å². The van der Waals surface area contributed by atoms with E-state index in [1.54, 1.807) is 0 Å². The molecule has 29 heavy (non-hydrogen) atoms. The van der Waals surface area contributed by atoms with Crippen LogP contribution >= 0.6 is 0 Å². The lowest BCUT2D eigenvalue weighted by molar-refractivity contribution is -0.115. The summed E-state index contributed by atoms with van der Waals surface area (Å²) in [6.45, 7) is 2.95. The molecule has 2 amide bonds. The summed E-state index contributed by atoms with van der Waals surface area (Å²) in [5, 5.41) is 11.3. The van der Waals surface area contributed by atoms with E-state index in [9.17, 15) is 9.59 Å². The molecule has 1 aliphatic carbocycles. The van der Waals surface area contributed by atoms with Crippen molar-refractivity contribution in [3.8, 4) is 0 Å². The molecule has 1 atom stereocenters. The minimum atomic E-state index is -0.155. The van der Waals surface area contributed by atoms with Crippen molar-refractivity contribution in [1.29, 1.82) is 0 Å². The lowest BCUT2D eigenvalue weighted by Crippen LogP contribution is -2.36. The summed E-state index contributed by atoms with van der Waals surface area (Å²) >= 11 is 0. The first kappa shape index (κ1) is 20.0. The summed E-state index contributed by atoms with van der Waals surface area (Å²) in [5.74, 6) is 0.400. The molecule has 0 spiro atoms. The molecule has 154 valence electrons. The van der Waals surface area contributed by atoms with Gasteiger partial charge in [0.1, 0.15) is 0 Å². The fraction of sp³-hybridized carbons (Fsp3) is 0.565. The summed E-state index contributed by atoms with van der Waals surface area (Å²) in [7, 11) is 2.15. The van der Waals surface area contributed by atoms with E-state index in [0.29, 0.717) is 17.9 Å². The number of hydrogen-bond acceptors (Lipinski definition) is 4. The number of benzene rings is 1. The van der Waals surface area contributed by atoms with Crippen molar-refractivity contribution >= 4 is 11.8 Å². The second kappa shape index (κ2) is 8.99. The van der Waals surface area contributed by atoms with Gasteiger partial charge in [-0.1, -0.05) is 12.1 Å². The van der Waals surface area contributed by atoms with Crippen LogP contribution in [0.5, 0.6) is 0 Å². The molecule has 6 nitrogen and oxygen atoms in total. The molecule has 0 aromatic heterocycles. The van der Waals surface area contributed by atoms with Crippen LogP contribution in [0.1, 0.15) is 54.4 Å². The number of rotatable bonds is 5. The molecule has 2 aliphatic heterocycles. The molecule has 0 radical (unpaired) electrons. The van der Waals surface area contributed by atoms with Crippen LogP contribution in [0.4, 0.5) is 0 Å². The topological polar surface area (TPSA) is 74.1 Å². The average molecular weight is 395 g/mol. The predicted octanol–water partition coefficient (Wildman–Crippen LogP) is 3.53. The Morgan fingerprint density at radius 2 is 2.00 bits per heavy atom. The molecule has 0 saturated carbocycles. The standard InChI is InChI=1S/C23H30N4O2/c1-27-11-9-16(10-12-27)15-24-22(28)18-6-4-5-17(13-18)14-21-19-7-2-3-8-20(19)23(29)26-25-21/h4-6,13,16,21H,2-3,7-12,14-15H2,1H3,(H,24,28). The Labute approximate surface area is 172 Å². The first-order chi connectivity index (χ1) is 14.1. The number of piperidine rings is 1. The maximum absolute atomic E-state index is 12.6. The molecule has 1 fully saturated rings. The fourth-order valence-corrected chi connectivity index (χ4v) is 4.62. The first-order valence-corrected chi connectivity index (χ1v) is 10.8. The molecule has 4 rings (SSSR count). The van der Waals surface area contributed by atoms with Gasteiger partial charge in [0, 0.05) is 24.1 Å². The van der Waals surface area contributed by atoms with Crippen molar-refractivity contribution in [3.05, 3.63) is 46.5 Å². The second-order valence-corrected chi connectivity index (χ2v) is 8.61. The quantitative estimate of drug-likeness (QED) is 0.830. The maximum atomic E-state index is 12.6. The summed E-state index contributed by atoms with van der Waals surface area (Å²) in [5.41, 5.74) is 3.79. The Bertz CT molecular complexity index is 837. The monoisotopic (exact) mass is 394 g/mol. The highest BCUT2D eigenvalue weighted by molar-refractivity contribution is 5.96. The Morgan fingerprint density at radius 3 is 2.83 bits per heavy atom. The Kier molecular flexibility index (Phi) is 6.19. The van der Waals surface area contributed by atoms with E-state index in [4.69, 9.17) is 0 Å². The molecule has 1 aromatic rings. The zero-order chi connectivity index (χ0) is 20.2. The molecular weight excluding hydrogens is 364 g/mol. The largest absolute Gasteiger partial charge is 0.352 e. The van der Waals surface area contributed by atoms with Crippen molar-refractivity contribution in [3.63, 3.8) is 0 Å². The van der Waals surface area contributed by atoms with Crippen molar-refractivity contribution in [1.82, 2.24) is 10.2 Å². The summed E-state index contributed by atoms with van der Waals surface area (Å²) in [6, 6.07) is 7.72. The van der Waals surface area contributed by atoms with Crippen molar-refractivity contribution in [2.45, 2.75) is 51.0 Å². The maximum Gasteiger partial charge on any atom is 0.291 e. The van der Waals surface area contributed by atoms with E-state index in [2.05, 4.69) is 27.5 Å². The Morgan fingerprint density at radius 1 is 1.21 bits per heavy atom. The van der Waals surface area contributed by atoms with Gasteiger partial charge in [0.25, 0.3) is 11.8 Å². The van der Waals surface area contributed by atoms with Crippen LogP contribution < -0.4 is 5.32 Å². The highest BCUT2D eigenvalue weighted by Gasteiger charge is 2.29. The van der Waals surface area contributed by atoms with Crippen LogP contribution in [0.15, 0.2) is 45.6 Å². The molecular formula is C23H30N4O2. The number of amides is 2. The molecule has 3 aliphatic rings. The highest BCUT2D eigenvalue weighted by atomic mass is 16.2. The second-order valence-electron chi connectivity index (χ2n) is 8.61. The van der Waals surface area contributed by atoms with Gasteiger partial charge in [0.15, 0.2) is 0 Å². The number of hydrogen-bond donors (Lipinski definition) is 1. The normalized spacial score (nSPS) is 23.2. The van der Waals surface area contributed by atoms with Gasteiger partial charge in [-0.25, -0.2) is 0 Å². The summed E-state index contributed by atoms with van der Waals surface area (Å²) in [4.78, 5) is 27.0. The number of azo groups is 1. The van der Waals surface area contributed by atoms with Crippen LogP contribution in [0.2, 0.25) is 0 Å². The van der Waals surface area contributed by atoms with Crippen LogP contribution in [0.25, 0.3) is 0 Å². The fourth-order valence-electron chi connectivity index (χ4n) is 4.62. The predicted molar refractivity (Wildman–Crippen MR) is 112 cm³/mol. The summed E-state index contributed by atoms with van der Waals surface area (Å²) < 4.78 is 0. The number of nitrogens with zero attached hydrogens (tertiary/aromatic N) is 3. The minimum Gasteiger partial charge on any atom is -0.352 e. The van der Waals surface area contributed by atoms with E-state index >= 15 is 0 Å². The molecule has 1 aromatic carbocycles. The zero-order valence-electron chi connectivity index (χ0n) is 17.2. The van der Waals surface area contributed by atoms with E-state index in [0.717, 1.165) is 74.9 Å². The van der Waals surface area contributed by atoms with E-state index in [1.165, 1.54) is 0 Å². The van der Waals surface area contributed by atoms with E-state index in [-0.39, 0.29) is 17.9 Å². The van der Waals surface area contributed by atoms with Gasteiger partial charge in [-0.2, -0.15) is 5.11 Å². The molecule has 1 N–H and O–H groups in total. The van der Waals surface area contributed by atoms with Gasteiger partial charge < -0.3 is 10.2 Å². The molecule has 1 unspecified atom stereocenters. The smallest absolute Gasteiger partial charge is 0.291 e. The number of likely N-dealkylation sites (tertiary alicyclic amines) is 1. The van der Waals surface area contributed by atoms with Crippen molar-refractivity contribution in [2.24, 2.45) is 16.1 Å². The zero-order valence-corrected chi connectivity index (χ0v) is 17.2. The Hall–Kier alpha value is -2.34. The number of carbonyl (C=O) groups is 2. The molecule has 2 heterocycles. The van der Waals surface area contributed by atoms with Crippen LogP contribution in [0, 0.1) is 5.92 Å². The van der Waals surface area contributed by atoms with Crippen LogP contribution in [0.3, 0.4) is 0 Å². The number of carbonyl (C=O) groups excluding carboxylic acids is 2. The molecule has 1 saturated heterocycles. The van der Waals surface area contributed by atoms with Crippen molar-refractivity contribution < 1.29 is 9.59 Å². The number of nitrogens with one attached hydrogen (secondary N) is 1. The van der Waals surface area contributed by atoms with E-state index < -0.39 is 0 Å².